The average molecular weight is 201 g/mol. The number of aromatic nitrogens is 1. The van der Waals surface area contributed by atoms with Gasteiger partial charge in [0.2, 0.25) is 5.91 Å². The number of nitrogens with one attached hydrogen (secondary N) is 1. The number of pyridine rings is 1. The second-order valence-corrected chi connectivity index (χ2v) is 3.63. The van der Waals surface area contributed by atoms with E-state index < -0.39 is 6.04 Å². The third-order valence-corrected chi connectivity index (χ3v) is 2.40. The smallest absolute Gasteiger partial charge is 0.224 e. The monoisotopic (exact) mass is 201 g/mol. The zero-order valence-electron chi connectivity index (χ0n) is 8.18. The third-order valence-electron chi connectivity index (χ3n) is 2.40. The summed E-state index contributed by atoms with van der Waals surface area (Å²) < 4.78 is 0. The van der Waals surface area contributed by atoms with E-state index in [0.717, 1.165) is 18.4 Å². The first-order chi connectivity index (χ1) is 7.31. The normalized spacial score (nSPS) is 16.5. The Kier molecular flexibility index (Phi) is 2.64. The summed E-state index contributed by atoms with van der Waals surface area (Å²) in [5.74, 6) is 0.112. The zero-order valence-corrected chi connectivity index (χ0v) is 8.18. The van der Waals surface area contributed by atoms with Crippen LogP contribution in [0, 0.1) is 17.2 Å². The Morgan fingerprint density at radius 1 is 1.53 bits per heavy atom. The van der Waals surface area contributed by atoms with Gasteiger partial charge in [-0.2, -0.15) is 5.26 Å². The van der Waals surface area contributed by atoms with Crippen molar-refractivity contribution in [1.29, 1.82) is 5.26 Å². The van der Waals surface area contributed by atoms with E-state index in [9.17, 15) is 4.79 Å². The summed E-state index contributed by atoms with van der Waals surface area (Å²) in [5.41, 5.74) is 0.779. The number of amides is 1. The molecule has 0 saturated heterocycles. The predicted octanol–water partition coefficient (Wildman–Crippen LogP) is 1.17. The lowest BCUT2D eigenvalue weighted by Gasteiger charge is -2.10. The van der Waals surface area contributed by atoms with Crippen molar-refractivity contribution in [3.63, 3.8) is 0 Å². The van der Waals surface area contributed by atoms with Gasteiger partial charge in [0.25, 0.3) is 0 Å². The first-order valence-electron chi connectivity index (χ1n) is 4.91. The quantitative estimate of drug-likeness (QED) is 0.798. The van der Waals surface area contributed by atoms with Gasteiger partial charge in [-0.15, -0.1) is 0 Å². The van der Waals surface area contributed by atoms with Crippen LogP contribution in [0.1, 0.15) is 24.4 Å². The van der Waals surface area contributed by atoms with Gasteiger partial charge in [0, 0.05) is 18.3 Å². The molecule has 1 aliphatic carbocycles. The summed E-state index contributed by atoms with van der Waals surface area (Å²) in [5, 5.41) is 11.7. The van der Waals surface area contributed by atoms with Gasteiger partial charge in [-0.25, -0.2) is 0 Å². The fraction of sp³-hybridized carbons (Fsp3) is 0.364. The molecule has 1 unspecified atom stereocenters. The van der Waals surface area contributed by atoms with Gasteiger partial charge in [-0.05, 0) is 30.5 Å². The predicted molar refractivity (Wildman–Crippen MR) is 53.5 cm³/mol. The van der Waals surface area contributed by atoms with Gasteiger partial charge in [-0.3, -0.25) is 9.78 Å². The lowest BCUT2D eigenvalue weighted by molar-refractivity contribution is -0.122. The molecule has 4 nitrogen and oxygen atoms in total. The Morgan fingerprint density at radius 2 is 2.20 bits per heavy atom. The van der Waals surface area contributed by atoms with Gasteiger partial charge in [-0.1, -0.05) is 0 Å². The van der Waals surface area contributed by atoms with Crippen molar-refractivity contribution >= 4 is 5.91 Å². The summed E-state index contributed by atoms with van der Waals surface area (Å²) >= 11 is 0. The maximum absolute atomic E-state index is 11.5. The molecule has 0 bridgehead atoms. The van der Waals surface area contributed by atoms with E-state index in [4.69, 9.17) is 5.26 Å². The maximum atomic E-state index is 11.5. The number of carbonyl (C=O) groups excluding carboxylic acids is 1. The lowest BCUT2D eigenvalue weighted by Crippen LogP contribution is -2.28. The van der Waals surface area contributed by atoms with E-state index in [1.54, 1.807) is 24.5 Å². The summed E-state index contributed by atoms with van der Waals surface area (Å²) in [6.45, 7) is 0. The van der Waals surface area contributed by atoms with Crippen LogP contribution in [-0.2, 0) is 4.79 Å². The largest absolute Gasteiger partial charge is 0.336 e. The molecule has 1 amide bonds. The van der Waals surface area contributed by atoms with Crippen LogP contribution in [0.15, 0.2) is 24.5 Å². The zero-order chi connectivity index (χ0) is 10.7. The number of hydrogen-bond donors (Lipinski definition) is 1. The molecule has 1 saturated carbocycles. The first kappa shape index (κ1) is 9.66. The Labute approximate surface area is 87.9 Å². The highest BCUT2D eigenvalue weighted by Crippen LogP contribution is 2.29. The Bertz CT molecular complexity index is 392. The van der Waals surface area contributed by atoms with E-state index in [2.05, 4.69) is 16.4 Å². The van der Waals surface area contributed by atoms with Crippen LogP contribution in [-0.4, -0.2) is 10.9 Å². The second kappa shape index (κ2) is 4.09. The summed E-state index contributed by atoms with van der Waals surface area (Å²) in [4.78, 5) is 15.3. The second-order valence-electron chi connectivity index (χ2n) is 3.63. The van der Waals surface area contributed by atoms with E-state index in [1.807, 2.05) is 0 Å². The van der Waals surface area contributed by atoms with Crippen molar-refractivity contribution in [3.8, 4) is 6.07 Å². The maximum Gasteiger partial charge on any atom is 0.224 e. The highest BCUT2D eigenvalue weighted by molar-refractivity contribution is 5.81. The number of carbonyl (C=O) groups is 1. The van der Waals surface area contributed by atoms with Gasteiger partial charge >= 0.3 is 0 Å². The van der Waals surface area contributed by atoms with Crippen molar-refractivity contribution < 1.29 is 4.79 Å². The van der Waals surface area contributed by atoms with Crippen LogP contribution in [0.2, 0.25) is 0 Å². The van der Waals surface area contributed by atoms with Crippen molar-refractivity contribution in [2.24, 2.45) is 5.92 Å². The molecule has 1 N–H and O–H groups in total. The van der Waals surface area contributed by atoms with Gasteiger partial charge in [0.1, 0.15) is 6.04 Å². The number of nitriles is 1. The third kappa shape index (κ3) is 2.32. The Morgan fingerprint density at radius 3 is 2.73 bits per heavy atom. The van der Waals surface area contributed by atoms with E-state index in [-0.39, 0.29) is 11.8 Å². The van der Waals surface area contributed by atoms with Crippen molar-refractivity contribution in [2.75, 3.05) is 0 Å². The molecule has 0 aromatic carbocycles. The van der Waals surface area contributed by atoms with Crippen LogP contribution in [0.5, 0.6) is 0 Å². The Hall–Kier alpha value is -1.89. The fourth-order valence-corrected chi connectivity index (χ4v) is 1.35. The molecule has 1 heterocycles. The molecule has 1 aliphatic rings. The minimum atomic E-state index is -0.555. The molecule has 1 atom stereocenters. The molecular formula is C11H11N3O. The molecule has 15 heavy (non-hydrogen) atoms. The van der Waals surface area contributed by atoms with E-state index >= 15 is 0 Å². The van der Waals surface area contributed by atoms with Crippen LogP contribution < -0.4 is 5.32 Å². The van der Waals surface area contributed by atoms with Crippen LogP contribution in [0.3, 0.4) is 0 Å². The summed E-state index contributed by atoms with van der Waals surface area (Å²) in [6.07, 6.45) is 5.12. The molecule has 4 heteroatoms. The molecule has 0 spiro atoms. The fourth-order valence-electron chi connectivity index (χ4n) is 1.35. The first-order valence-corrected chi connectivity index (χ1v) is 4.91. The van der Waals surface area contributed by atoms with E-state index in [1.165, 1.54) is 0 Å². The molecule has 0 aliphatic heterocycles. The average Bonchev–Trinajstić information content (AvgIpc) is 3.10. The van der Waals surface area contributed by atoms with Gasteiger partial charge in [0.15, 0.2) is 0 Å². The van der Waals surface area contributed by atoms with Crippen LogP contribution in [0.25, 0.3) is 0 Å². The standard InChI is InChI=1S/C11H11N3O/c12-7-10(8-3-5-13-6-4-8)14-11(15)9-1-2-9/h3-6,9-10H,1-2H2,(H,14,15). The van der Waals surface area contributed by atoms with Crippen molar-refractivity contribution in [1.82, 2.24) is 10.3 Å². The minimum absolute atomic E-state index is 0.0154. The SMILES string of the molecule is N#CC(NC(=O)C1CC1)c1ccncc1. The molecule has 76 valence electrons. The number of nitrogens with zero attached hydrogens (tertiary/aromatic N) is 2. The summed E-state index contributed by atoms with van der Waals surface area (Å²) in [7, 11) is 0. The molecule has 1 aromatic heterocycles. The molecule has 0 radical (unpaired) electrons. The van der Waals surface area contributed by atoms with Crippen molar-refractivity contribution in [2.45, 2.75) is 18.9 Å². The van der Waals surface area contributed by atoms with Gasteiger partial charge < -0.3 is 5.32 Å². The minimum Gasteiger partial charge on any atom is -0.336 e. The van der Waals surface area contributed by atoms with Crippen LogP contribution in [0.4, 0.5) is 0 Å². The van der Waals surface area contributed by atoms with E-state index in [0.29, 0.717) is 0 Å². The highest BCUT2D eigenvalue weighted by Gasteiger charge is 2.31. The van der Waals surface area contributed by atoms with Gasteiger partial charge in [0.05, 0.1) is 6.07 Å². The number of hydrogen-bond acceptors (Lipinski definition) is 3. The van der Waals surface area contributed by atoms with Crippen molar-refractivity contribution in [3.05, 3.63) is 30.1 Å². The summed E-state index contributed by atoms with van der Waals surface area (Å²) in [6, 6.07) is 4.99. The highest BCUT2D eigenvalue weighted by atomic mass is 16.2. The molecule has 1 aromatic rings. The molecular weight excluding hydrogens is 190 g/mol. The Balaban J connectivity index is 2.05. The molecule has 1 fully saturated rings. The molecule has 2 rings (SSSR count). The number of rotatable bonds is 3. The lowest BCUT2D eigenvalue weighted by atomic mass is 10.1. The topological polar surface area (TPSA) is 65.8 Å². The van der Waals surface area contributed by atoms with Crippen LogP contribution >= 0.6 is 0 Å².